The maximum Gasteiger partial charge on any atom is 0.0594 e. The zero-order chi connectivity index (χ0) is 14.2. The number of nitrogens with zero attached hydrogens (tertiary/aromatic N) is 2. The first-order valence-electron chi connectivity index (χ1n) is 7.53. The molecular weight excluding hydrogens is 250 g/mol. The summed E-state index contributed by atoms with van der Waals surface area (Å²) in [5, 5.41) is 3.53. The summed E-state index contributed by atoms with van der Waals surface area (Å²) >= 11 is 0. The van der Waals surface area contributed by atoms with Crippen molar-refractivity contribution in [3.8, 4) is 0 Å². The van der Waals surface area contributed by atoms with Crippen molar-refractivity contribution < 1.29 is 4.74 Å². The summed E-state index contributed by atoms with van der Waals surface area (Å²) in [5.41, 5.74) is 2.61. The van der Waals surface area contributed by atoms with Gasteiger partial charge in [-0.25, -0.2) is 0 Å². The molecule has 1 aliphatic rings. The Morgan fingerprint density at radius 3 is 2.80 bits per heavy atom. The number of hydrogen-bond acceptors (Lipinski definition) is 4. The van der Waals surface area contributed by atoms with E-state index >= 15 is 0 Å². The fraction of sp³-hybridized carbons (Fsp3) is 0.625. The van der Waals surface area contributed by atoms with Crippen molar-refractivity contribution in [3.05, 3.63) is 29.8 Å². The van der Waals surface area contributed by atoms with E-state index in [0.717, 1.165) is 39.4 Å². The fourth-order valence-corrected chi connectivity index (χ4v) is 2.43. The van der Waals surface area contributed by atoms with Crippen LogP contribution < -0.4 is 10.2 Å². The summed E-state index contributed by atoms with van der Waals surface area (Å²) in [6.07, 6.45) is 1.20. The van der Waals surface area contributed by atoms with E-state index < -0.39 is 0 Å². The predicted molar refractivity (Wildman–Crippen MR) is 84.4 cm³/mol. The van der Waals surface area contributed by atoms with E-state index in [1.807, 2.05) is 0 Å². The second kappa shape index (κ2) is 8.25. The van der Waals surface area contributed by atoms with E-state index in [9.17, 15) is 0 Å². The van der Waals surface area contributed by atoms with Gasteiger partial charge in [-0.1, -0.05) is 12.1 Å². The molecule has 0 amide bonds. The Bertz CT molecular complexity index is 389. The van der Waals surface area contributed by atoms with Crippen LogP contribution in [-0.4, -0.2) is 58.4 Å². The van der Waals surface area contributed by atoms with Gasteiger partial charge >= 0.3 is 0 Å². The SMILES string of the molecule is CN(C)c1cccc(CNCCCN2CCOCC2)c1. The molecule has 0 atom stereocenters. The average molecular weight is 277 g/mol. The number of rotatable bonds is 7. The molecule has 112 valence electrons. The van der Waals surface area contributed by atoms with Gasteiger partial charge in [-0.05, 0) is 37.2 Å². The largest absolute Gasteiger partial charge is 0.379 e. The molecule has 0 unspecified atom stereocenters. The summed E-state index contributed by atoms with van der Waals surface area (Å²) in [7, 11) is 4.16. The Morgan fingerprint density at radius 2 is 2.05 bits per heavy atom. The van der Waals surface area contributed by atoms with Crippen LogP contribution in [0.5, 0.6) is 0 Å². The molecule has 0 aliphatic carbocycles. The van der Waals surface area contributed by atoms with Crippen LogP contribution >= 0.6 is 0 Å². The number of morpholine rings is 1. The molecule has 0 spiro atoms. The molecule has 1 heterocycles. The van der Waals surface area contributed by atoms with Crippen molar-refractivity contribution in [1.82, 2.24) is 10.2 Å². The highest BCUT2D eigenvalue weighted by atomic mass is 16.5. The van der Waals surface area contributed by atoms with Crippen LogP contribution in [0.25, 0.3) is 0 Å². The smallest absolute Gasteiger partial charge is 0.0594 e. The first kappa shape index (κ1) is 15.3. The van der Waals surface area contributed by atoms with Crippen LogP contribution in [0.4, 0.5) is 5.69 Å². The lowest BCUT2D eigenvalue weighted by molar-refractivity contribution is 0.0374. The molecule has 20 heavy (non-hydrogen) atoms. The maximum atomic E-state index is 5.35. The summed E-state index contributed by atoms with van der Waals surface area (Å²) in [6, 6.07) is 8.69. The summed E-state index contributed by atoms with van der Waals surface area (Å²) < 4.78 is 5.35. The van der Waals surface area contributed by atoms with Crippen LogP contribution in [0.3, 0.4) is 0 Å². The second-order valence-electron chi connectivity index (χ2n) is 5.55. The standard InChI is InChI=1S/C16H27N3O/c1-18(2)16-6-3-5-15(13-16)14-17-7-4-8-19-9-11-20-12-10-19/h3,5-6,13,17H,4,7-12,14H2,1-2H3. The summed E-state index contributed by atoms with van der Waals surface area (Å²) in [6.45, 7) is 7.16. The molecule has 1 N–H and O–H groups in total. The van der Waals surface area contributed by atoms with E-state index in [1.54, 1.807) is 0 Å². The highest BCUT2D eigenvalue weighted by Gasteiger charge is 2.08. The van der Waals surface area contributed by atoms with Crippen LogP contribution in [0.1, 0.15) is 12.0 Å². The summed E-state index contributed by atoms with van der Waals surface area (Å²) in [5.74, 6) is 0. The Hall–Kier alpha value is -1.10. The van der Waals surface area contributed by atoms with Crippen LogP contribution in [0, 0.1) is 0 Å². The monoisotopic (exact) mass is 277 g/mol. The molecule has 0 bridgehead atoms. The van der Waals surface area contributed by atoms with Crippen molar-refractivity contribution in [3.63, 3.8) is 0 Å². The van der Waals surface area contributed by atoms with E-state index in [1.165, 1.54) is 24.2 Å². The molecule has 0 aromatic heterocycles. The van der Waals surface area contributed by atoms with Gasteiger partial charge < -0.3 is 15.0 Å². The van der Waals surface area contributed by atoms with Gasteiger partial charge in [0.1, 0.15) is 0 Å². The predicted octanol–water partition coefficient (Wildman–Crippen LogP) is 1.56. The van der Waals surface area contributed by atoms with Crippen LogP contribution in [0.2, 0.25) is 0 Å². The van der Waals surface area contributed by atoms with Gasteiger partial charge in [0.15, 0.2) is 0 Å². The molecule has 2 rings (SSSR count). The van der Waals surface area contributed by atoms with Crippen molar-refractivity contribution in [2.24, 2.45) is 0 Å². The first-order chi connectivity index (χ1) is 9.75. The minimum absolute atomic E-state index is 0.894. The second-order valence-corrected chi connectivity index (χ2v) is 5.55. The maximum absolute atomic E-state index is 5.35. The van der Waals surface area contributed by atoms with E-state index in [2.05, 4.69) is 53.5 Å². The van der Waals surface area contributed by atoms with Crippen molar-refractivity contribution in [1.29, 1.82) is 0 Å². The molecule has 4 nitrogen and oxygen atoms in total. The molecule has 1 aromatic rings. The normalized spacial score (nSPS) is 16.3. The van der Waals surface area contributed by atoms with Gasteiger partial charge in [0.2, 0.25) is 0 Å². The number of anilines is 1. The van der Waals surface area contributed by atoms with E-state index in [-0.39, 0.29) is 0 Å². The minimum Gasteiger partial charge on any atom is -0.379 e. The van der Waals surface area contributed by atoms with Gasteiger partial charge in [-0.15, -0.1) is 0 Å². The number of benzene rings is 1. The van der Waals surface area contributed by atoms with Gasteiger partial charge in [0.05, 0.1) is 13.2 Å². The molecule has 1 aromatic carbocycles. The number of ether oxygens (including phenoxy) is 1. The van der Waals surface area contributed by atoms with Crippen molar-refractivity contribution in [2.75, 3.05) is 58.4 Å². The molecule has 1 fully saturated rings. The summed E-state index contributed by atoms with van der Waals surface area (Å²) in [4.78, 5) is 4.62. The molecule has 1 aliphatic heterocycles. The number of nitrogens with one attached hydrogen (secondary N) is 1. The first-order valence-corrected chi connectivity index (χ1v) is 7.53. The highest BCUT2D eigenvalue weighted by molar-refractivity contribution is 5.47. The van der Waals surface area contributed by atoms with Gasteiger partial charge in [-0.2, -0.15) is 0 Å². The topological polar surface area (TPSA) is 27.7 Å². The zero-order valence-corrected chi connectivity index (χ0v) is 12.8. The molecular formula is C16H27N3O. The third kappa shape index (κ3) is 5.12. The fourth-order valence-electron chi connectivity index (χ4n) is 2.43. The lowest BCUT2D eigenvalue weighted by Crippen LogP contribution is -2.37. The molecule has 1 saturated heterocycles. The lowest BCUT2D eigenvalue weighted by atomic mass is 10.2. The molecule has 0 radical (unpaired) electrons. The lowest BCUT2D eigenvalue weighted by Gasteiger charge is -2.26. The van der Waals surface area contributed by atoms with Crippen LogP contribution in [-0.2, 0) is 11.3 Å². The molecule has 0 saturated carbocycles. The van der Waals surface area contributed by atoms with Crippen LogP contribution in [0.15, 0.2) is 24.3 Å². The highest BCUT2D eigenvalue weighted by Crippen LogP contribution is 2.13. The third-order valence-corrected chi connectivity index (χ3v) is 3.69. The minimum atomic E-state index is 0.894. The Morgan fingerprint density at radius 1 is 1.25 bits per heavy atom. The van der Waals surface area contributed by atoms with Gasteiger partial charge in [0.25, 0.3) is 0 Å². The van der Waals surface area contributed by atoms with E-state index in [4.69, 9.17) is 4.74 Å². The van der Waals surface area contributed by atoms with Crippen molar-refractivity contribution in [2.45, 2.75) is 13.0 Å². The van der Waals surface area contributed by atoms with Crippen molar-refractivity contribution >= 4 is 5.69 Å². The number of hydrogen-bond donors (Lipinski definition) is 1. The van der Waals surface area contributed by atoms with Gasteiger partial charge in [0, 0.05) is 39.4 Å². The third-order valence-electron chi connectivity index (χ3n) is 3.69. The molecule has 4 heteroatoms. The quantitative estimate of drug-likeness (QED) is 0.766. The average Bonchev–Trinajstić information content (AvgIpc) is 2.48. The Labute approximate surface area is 122 Å². The zero-order valence-electron chi connectivity index (χ0n) is 12.8. The van der Waals surface area contributed by atoms with Gasteiger partial charge in [-0.3, -0.25) is 4.90 Å². The Kier molecular flexibility index (Phi) is 6.30. The Balaban J connectivity index is 1.61. The van der Waals surface area contributed by atoms with E-state index in [0.29, 0.717) is 0 Å².